The number of carbonyl (C=O) groups is 6. The summed E-state index contributed by atoms with van der Waals surface area (Å²) in [6.07, 6.45) is 9.74. The number of ether oxygens (including phenoxy) is 2. The fraction of sp³-hybridized carbons (Fsp3) is 0.390. The van der Waals surface area contributed by atoms with Crippen LogP contribution in [0.5, 0.6) is 0 Å². The first-order valence-corrected chi connectivity index (χ1v) is 26.9. The van der Waals surface area contributed by atoms with Crippen LogP contribution in [0.4, 0.5) is 0 Å². The molecule has 3 aliphatic heterocycles. The Balaban J connectivity index is 0.000000141. The lowest BCUT2D eigenvalue weighted by molar-refractivity contribution is -0.137. The SMILES string of the molecule is COC(=O)c1ccc2c(c1)CC1(CC2)CCN(Cc2ccc(Cl)c(Cl)c2)C1=O.COC(=O)c1ccc2c(c1)CC1(CCNC1=O)CC2.O=C(CO)c1ccc2c(c1)CC1(CC2)CCN(Cc2ccc(Cl)c(Cl)c2)C1=O. The van der Waals surface area contributed by atoms with Gasteiger partial charge in [-0.25, -0.2) is 9.59 Å². The van der Waals surface area contributed by atoms with Gasteiger partial charge in [-0.2, -0.15) is 0 Å². The molecular formula is C59H59Cl4N3O9. The van der Waals surface area contributed by atoms with Crippen LogP contribution in [0.25, 0.3) is 0 Å². The highest BCUT2D eigenvalue weighted by atomic mass is 35.5. The Morgan fingerprint density at radius 2 is 0.933 bits per heavy atom. The van der Waals surface area contributed by atoms with Gasteiger partial charge in [0, 0.05) is 38.3 Å². The van der Waals surface area contributed by atoms with Crippen molar-refractivity contribution in [1.82, 2.24) is 15.1 Å². The van der Waals surface area contributed by atoms with E-state index in [4.69, 9.17) is 61.0 Å². The second-order valence-corrected chi connectivity index (χ2v) is 22.5. The van der Waals surface area contributed by atoms with Crippen molar-refractivity contribution in [2.45, 2.75) is 90.1 Å². The highest BCUT2D eigenvalue weighted by molar-refractivity contribution is 6.42. The summed E-state index contributed by atoms with van der Waals surface area (Å²) in [5.41, 5.74) is 9.44. The number of hydrogen-bond acceptors (Lipinski definition) is 9. The number of fused-ring (bicyclic) bond motifs is 3. The normalized spacial score (nSPS) is 22.1. The number of halogens is 4. The average molecular weight is 1100 g/mol. The molecule has 5 aromatic carbocycles. The van der Waals surface area contributed by atoms with Crippen molar-refractivity contribution in [3.8, 4) is 0 Å². The Labute approximate surface area is 456 Å². The smallest absolute Gasteiger partial charge is 0.337 e. The molecule has 3 fully saturated rings. The van der Waals surface area contributed by atoms with Crippen LogP contribution < -0.4 is 5.32 Å². The summed E-state index contributed by atoms with van der Waals surface area (Å²) in [5, 5.41) is 14.1. The van der Waals surface area contributed by atoms with Gasteiger partial charge < -0.3 is 29.7 Å². The van der Waals surface area contributed by atoms with Gasteiger partial charge in [0.15, 0.2) is 5.78 Å². The number of aryl methyl sites for hydroxylation is 3. The molecule has 5 aromatic rings. The predicted octanol–water partition coefficient (Wildman–Crippen LogP) is 10.2. The first-order valence-electron chi connectivity index (χ1n) is 25.4. The van der Waals surface area contributed by atoms with E-state index >= 15 is 0 Å². The molecule has 3 spiro atoms. The van der Waals surface area contributed by atoms with Crippen molar-refractivity contribution in [2.75, 3.05) is 40.5 Å². The Kier molecular flexibility index (Phi) is 16.2. The number of ketones is 1. The number of hydrogen-bond donors (Lipinski definition) is 2. The Hall–Kier alpha value is -5.76. The summed E-state index contributed by atoms with van der Waals surface area (Å²) in [6, 6.07) is 27.9. The van der Waals surface area contributed by atoms with E-state index in [1.807, 2.05) is 70.5 Å². The van der Waals surface area contributed by atoms with E-state index < -0.39 is 12.0 Å². The Bertz CT molecular complexity index is 2950. The van der Waals surface area contributed by atoms with Gasteiger partial charge in [0.1, 0.15) is 6.61 Å². The summed E-state index contributed by atoms with van der Waals surface area (Å²) in [7, 11) is 2.76. The van der Waals surface area contributed by atoms with Gasteiger partial charge in [0.2, 0.25) is 17.7 Å². The van der Waals surface area contributed by atoms with Gasteiger partial charge >= 0.3 is 11.9 Å². The molecule has 11 rings (SSSR count). The summed E-state index contributed by atoms with van der Waals surface area (Å²) in [4.78, 5) is 77.7. The van der Waals surface area contributed by atoms with E-state index in [0.717, 1.165) is 105 Å². The number of aliphatic hydroxyl groups is 1. The van der Waals surface area contributed by atoms with Crippen molar-refractivity contribution in [2.24, 2.45) is 16.2 Å². The quantitative estimate of drug-likeness (QED) is 0.114. The molecule has 16 heteroatoms. The first-order chi connectivity index (χ1) is 36.0. The van der Waals surface area contributed by atoms with Gasteiger partial charge in [0.05, 0.1) is 61.7 Å². The van der Waals surface area contributed by atoms with E-state index in [2.05, 4.69) is 5.32 Å². The fourth-order valence-corrected chi connectivity index (χ4v) is 12.7. The lowest BCUT2D eigenvalue weighted by Crippen LogP contribution is -2.38. The van der Waals surface area contributed by atoms with Crippen molar-refractivity contribution < 1.29 is 43.3 Å². The third-order valence-corrected chi connectivity index (χ3v) is 17.9. The number of amides is 3. The molecule has 3 heterocycles. The second-order valence-electron chi connectivity index (χ2n) is 20.8. The molecule has 0 saturated carbocycles. The van der Waals surface area contributed by atoms with Crippen LogP contribution in [0, 0.1) is 16.2 Å². The summed E-state index contributed by atoms with van der Waals surface area (Å²) >= 11 is 24.2. The zero-order chi connectivity index (χ0) is 53.2. The third kappa shape index (κ3) is 11.2. The molecule has 0 aromatic heterocycles. The number of carbonyl (C=O) groups excluding carboxylic acids is 6. The average Bonchev–Trinajstić information content (AvgIpc) is 4.03. The zero-order valence-electron chi connectivity index (χ0n) is 42.0. The lowest BCUT2D eigenvalue weighted by atomic mass is 9.70. The standard InChI is InChI=1S/2C22H21Cl2NO3.C15H17NO3/c1-28-20(26)16-4-3-15-6-7-22(12-17(15)11-16)8-9-25(21(22)27)13-14-2-5-18(23)19(24)10-14;23-18-4-1-14(9-19(18)24)12-25-8-7-22(21(25)28)6-5-15-2-3-16(20(27)13-26)10-17(15)11-22;1-19-13(17)11-3-2-10-4-5-15(9-12(10)8-11)6-7-16-14(15)18/h2-5,10-11H,6-9,12-13H2,1H3;1-4,9-10,26H,5-8,11-13H2;2-3,8H,4-7,9H2,1H3,(H,16,18). The van der Waals surface area contributed by atoms with E-state index in [1.54, 1.807) is 30.3 Å². The van der Waals surface area contributed by atoms with Gasteiger partial charge in [-0.3, -0.25) is 19.2 Å². The maximum atomic E-state index is 13.3. The molecule has 3 aliphatic carbocycles. The second kappa shape index (κ2) is 22.4. The molecule has 3 amide bonds. The molecule has 392 valence electrons. The highest BCUT2D eigenvalue weighted by Gasteiger charge is 2.50. The molecular weight excluding hydrogens is 1040 g/mol. The van der Waals surface area contributed by atoms with Crippen LogP contribution in [-0.4, -0.2) is 90.8 Å². The van der Waals surface area contributed by atoms with E-state index in [9.17, 15) is 28.8 Å². The number of aliphatic hydroxyl groups excluding tert-OH is 1. The fourth-order valence-electron chi connectivity index (χ4n) is 12.1. The van der Waals surface area contributed by atoms with Crippen LogP contribution in [0.2, 0.25) is 20.1 Å². The number of nitrogens with zero attached hydrogens (tertiary/aromatic N) is 2. The molecule has 0 radical (unpaired) electrons. The topological polar surface area (TPSA) is 160 Å². The van der Waals surface area contributed by atoms with Crippen molar-refractivity contribution in [3.05, 3.63) is 172 Å². The molecule has 2 N–H and O–H groups in total. The molecule has 0 bridgehead atoms. The van der Waals surface area contributed by atoms with Crippen molar-refractivity contribution in [3.63, 3.8) is 0 Å². The Morgan fingerprint density at radius 1 is 0.520 bits per heavy atom. The van der Waals surface area contributed by atoms with Crippen LogP contribution >= 0.6 is 46.4 Å². The number of rotatable bonds is 8. The first kappa shape index (κ1) is 54.0. The molecule has 3 unspecified atom stereocenters. The lowest BCUT2D eigenvalue weighted by Gasteiger charge is -2.33. The monoisotopic (exact) mass is 1090 g/mol. The minimum Gasteiger partial charge on any atom is -0.465 e. The van der Waals surface area contributed by atoms with Crippen molar-refractivity contribution in [1.29, 1.82) is 0 Å². The van der Waals surface area contributed by atoms with Crippen LogP contribution in [0.15, 0.2) is 91.0 Å². The molecule has 3 saturated heterocycles. The summed E-state index contributed by atoms with van der Waals surface area (Å²) in [6.45, 7) is 2.76. The molecule has 3 atom stereocenters. The van der Waals surface area contributed by atoms with Gasteiger partial charge in [-0.1, -0.05) is 82.8 Å². The number of Topliss-reactive ketones (excluding diaryl/α,β-unsaturated/α-hetero) is 1. The van der Waals surface area contributed by atoms with Gasteiger partial charge in [-0.05, 0) is 176 Å². The van der Waals surface area contributed by atoms with E-state index in [0.29, 0.717) is 69.3 Å². The molecule has 75 heavy (non-hydrogen) atoms. The Morgan fingerprint density at radius 3 is 1.33 bits per heavy atom. The third-order valence-electron chi connectivity index (χ3n) is 16.4. The van der Waals surface area contributed by atoms with E-state index in [1.165, 1.54) is 30.9 Å². The van der Waals surface area contributed by atoms with Crippen LogP contribution in [-0.2, 0) is 75.5 Å². The van der Waals surface area contributed by atoms with Gasteiger partial charge in [0.25, 0.3) is 0 Å². The number of esters is 2. The minimum absolute atomic E-state index is 0.168. The van der Waals surface area contributed by atoms with Gasteiger partial charge in [-0.15, -0.1) is 0 Å². The number of likely N-dealkylation sites (tertiary alicyclic amines) is 2. The van der Waals surface area contributed by atoms with Crippen molar-refractivity contribution >= 4 is 81.8 Å². The summed E-state index contributed by atoms with van der Waals surface area (Å²) < 4.78 is 9.58. The summed E-state index contributed by atoms with van der Waals surface area (Å²) in [5.74, 6) is -0.432. The maximum Gasteiger partial charge on any atom is 0.337 e. The largest absolute Gasteiger partial charge is 0.465 e. The maximum absolute atomic E-state index is 13.3. The minimum atomic E-state index is -0.500. The number of methoxy groups -OCH3 is 2. The predicted molar refractivity (Wildman–Crippen MR) is 287 cm³/mol. The van der Waals surface area contributed by atoms with Crippen LogP contribution in [0.3, 0.4) is 0 Å². The zero-order valence-corrected chi connectivity index (χ0v) is 45.0. The van der Waals surface area contributed by atoms with E-state index in [-0.39, 0.29) is 46.3 Å². The molecule has 6 aliphatic rings. The highest BCUT2D eigenvalue weighted by Crippen LogP contribution is 2.47. The number of benzene rings is 5. The molecule has 12 nitrogen and oxygen atoms in total. The number of nitrogens with one attached hydrogen (secondary N) is 1. The van der Waals surface area contributed by atoms with Crippen LogP contribution in [0.1, 0.15) is 114 Å².